The molecule has 0 saturated carbocycles. The minimum Gasteiger partial charge on any atom is -0.391 e. The summed E-state index contributed by atoms with van der Waals surface area (Å²) in [6.45, 7) is 0.0854. The number of halogens is 3. The van der Waals surface area contributed by atoms with Crippen LogP contribution in [0.1, 0.15) is 33.9 Å². The summed E-state index contributed by atoms with van der Waals surface area (Å²) in [5.74, 6) is -0.337. The summed E-state index contributed by atoms with van der Waals surface area (Å²) < 4.78 is 38.7. The summed E-state index contributed by atoms with van der Waals surface area (Å²) in [4.78, 5) is 17.9. The molecule has 1 aliphatic heterocycles. The van der Waals surface area contributed by atoms with Gasteiger partial charge in [0.25, 0.3) is 5.91 Å². The first kappa shape index (κ1) is 16.4. The molecule has 1 amide bonds. The van der Waals surface area contributed by atoms with Crippen molar-refractivity contribution in [3.05, 3.63) is 65.5 Å². The number of aromatic nitrogens is 1. The molecule has 126 valence electrons. The predicted molar refractivity (Wildman–Crippen MR) is 80.1 cm³/mol. The number of rotatable bonds is 2. The third kappa shape index (κ3) is 3.26. The Balaban J connectivity index is 1.93. The molecule has 0 spiro atoms. The normalized spacial score (nSPS) is 21.1. The molecule has 24 heavy (non-hydrogen) atoms. The Morgan fingerprint density at radius 2 is 1.92 bits per heavy atom. The molecule has 0 unspecified atom stereocenters. The number of alkyl halides is 3. The lowest BCUT2D eigenvalue weighted by Crippen LogP contribution is -2.31. The van der Waals surface area contributed by atoms with Gasteiger partial charge in [-0.15, -0.1) is 0 Å². The molecule has 0 aliphatic carbocycles. The Kier molecular flexibility index (Phi) is 4.28. The number of hydrogen-bond acceptors (Lipinski definition) is 3. The highest BCUT2D eigenvalue weighted by molar-refractivity contribution is 5.94. The maximum atomic E-state index is 12.9. The fourth-order valence-electron chi connectivity index (χ4n) is 2.94. The summed E-state index contributed by atoms with van der Waals surface area (Å²) in [5.41, 5.74) is -0.0162. The van der Waals surface area contributed by atoms with Crippen LogP contribution < -0.4 is 0 Å². The van der Waals surface area contributed by atoms with E-state index in [9.17, 15) is 23.1 Å². The molecule has 3 rings (SSSR count). The van der Waals surface area contributed by atoms with Crippen LogP contribution in [0.25, 0.3) is 0 Å². The lowest BCUT2D eigenvalue weighted by atomic mass is 10.0. The van der Waals surface area contributed by atoms with Gasteiger partial charge < -0.3 is 10.0 Å². The molecule has 0 radical (unpaired) electrons. The molecular weight excluding hydrogens is 321 g/mol. The molecule has 1 saturated heterocycles. The van der Waals surface area contributed by atoms with Crippen LogP contribution in [0.15, 0.2) is 48.8 Å². The van der Waals surface area contributed by atoms with Crippen molar-refractivity contribution in [1.82, 2.24) is 9.88 Å². The number of β-amino-alcohol motifs (C(OH)–C–C–N with tert-alkyl or cyclic N) is 1. The van der Waals surface area contributed by atoms with Crippen LogP contribution in [0.5, 0.6) is 0 Å². The number of aliphatic hydroxyl groups excluding tert-OH is 1. The van der Waals surface area contributed by atoms with Crippen LogP contribution in [0.4, 0.5) is 13.2 Å². The topological polar surface area (TPSA) is 53.4 Å². The highest BCUT2D eigenvalue weighted by atomic mass is 19.4. The van der Waals surface area contributed by atoms with Gasteiger partial charge in [-0.1, -0.05) is 12.1 Å². The first-order valence-corrected chi connectivity index (χ1v) is 7.42. The molecule has 2 heterocycles. The zero-order valence-corrected chi connectivity index (χ0v) is 12.6. The third-order valence-electron chi connectivity index (χ3n) is 4.07. The van der Waals surface area contributed by atoms with E-state index in [1.165, 1.54) is 35.5 Å². The van der Waals surface area contributed by atoms with Crippen LogP contribution >= 0.6 is 0 Å². The number of nitrogens with zero attached hydrogens (tertiary/aromatic N) is 2. The lowest BCUT2D eigenvalue weighted by molar-refractivity contribution is -0.137. The van der Waals surface area contributed by atoms with Gasteiger partial charge in [-0.05, 0) is 36.2 Å². The predicted octanol–water partition coefficient (Wildman–Crippen LogP) is 3.05. The number of carbonyl (C=O) groups is 1. The minimum absolute atomic E-state index is 0.0854. The van der Waals surface area contributed by atoms with E-state index in [2.05, 4.69) is 4.98 Å². The van der Waals surface area contributed by atoms with Crippen molar-refractivity contribution in [2.75, 3.05) is 6.54 Å². The molecular formula is C17H15F3N2O2. The number of carbonyl (C=O) groups excluding carboxylic acids is 1. The molecule has 2 aromatic rings. The summed E-state index contributed by atoms with van der Waals surface area (Å²) >= 11 is 0. The van der Waals surface area contributed by atoms with Crippen molar-refractivity contribution in [2.24, 2.45) is 0 Å². The van der Waals surface area contributed by atoms with Gasteiger partial charge in [0, 0.05) is 24.5 Å². The van der Waals surface area contributed by atoms with E-state index in [4.69, 9.17) is 0 Å². The van der Waals surface area contributed by atoms with E-state index >= 15 is 0 Å². The number of amides is 1. The second kappa shape index (κ2) is 6.24. The Morgan fingerprint density at radius 3 is 2.58 bits per heavy atom. The van der Waals surface area contributed by atoms with Gasteiger partial charge in [0.2, 0.25) is 0 Å². The van der Waals surface area contributed by atoms with Gasteiger partial charge in [0.15, 0.2) is 0 Å². The maximum Gasteiger partial charge on any atom is 0.416 e. The molecule has 1 fully saturated rings. The molecule has 7 heteroatoms. The highest BCUT2D eigenvalue weighted by Crippen LogP contribution is 2.36. The standard InChI is InChI=1S/C17H15F3N2O2/c18-17(19,20)13-3-1-2-12(8-13)15-9-14(23)10-22(15)16(24)11-4-6-21-7-5-11/h1-8,14-15,23H,9-10H2/t14-,15-/m1/s1. The first-order chi connectivity index (χ1) is 11.4. The zero-order chi connectivity index (χ0) is 17.3. The number of pyridine rings is 1. The fourth-order valence-corrected chi connectivity index (χ4v) is 2.94. The second-order valence-corrected chi connectivity index (χ2v) is 5.72. The lowest BCUT2D eigenvalue weighted by Gasteiger charge is -2.25. The Labute approximate surface area is 136 Å². The van der Waals surface area contributed by atoms with Gasteiger partial charge >= 0.3 is 6.18 Å². The van der Waals surface area contributed by atoms with E-state index in [0.29, 0.717) is 11.1 Å². The minimum atomic E-state index is -4.45. The molecule has 0 bridgehead atoms. The van der Waals surface area contributed by atoms with Gasteiger partial charge in [0.1, 0.15) is 0 Å². The van der Waals surface area contributed by atoms with Crippen molar-refractivity contribution in [2.45, 2.75) is 24.7 Å². The summed E-state index contributed by atoms with van der Waals surface area (Å²) in [5, 5.41) is 9.93. The van der Waals surface area contributed by atoms with E-state index in [1.54, 1.807) is 6.07 Å². The van der Waals surface area contributed by atoms with Crippen LogP contribution in [0, 0.1) is 0 Å². The van der Waals surface area contributed by atoms with Gasteiger partial charge in [-0.25, -0.2) is 0 Å². The van der Waals surface area contributed by atoms with Gasteiger partial charge in [-0.2, -0.15) is 13.2 Å². The van der Waals surface area contributed by atoms with Crippen molar-refractivity contribution < 1.29 is 23.1 Å². The van der Waals surface area contributed by atoms with E-state index < -0.39 is 23.9 Å². The van der Waals surface area contributed by atoms with Crippen molar-refractivity contribution in [3.8, 4) is 0 Å². The fraction of sp³-hybridized carbons (Fsp3) is 0.294. The van der Waals surface area contributed by atoms with Crippen LogP contribution in [-0.2, 0) is 6.18 Å². The monoisotopic (exact) mass is 336 g/mol. The van der Waals surface area contributed by atoms with Crippen molar-refractivity contribution in [3.63, 3.8) is 0 Å². The summed E-state index contributed by atoms with van der Waals surface area (Å²) in [6, 6.07) is 7.37. The number of aliphatic hydroxyl groups is 1. The Bertz CT molecular complexity index is 734. The van der Waals surface area contributed by atoms with Gasteiger partial charge in [-0.3, -0.25) is 9.78 Å². The average Bonchev–Trinajstić information content (AvgIpc) is 2.96. The van der Waals surface area contributed by atoms with E-state index in [-0.39, 0.29) is 18.9 Å². The molecule has 2 atom stereocenters. The second-order valence-electron chi connectivity index (χ2n) is 5.72. The number of hydrogen-bond donors (Lipinski definition) is 1. The quantitative estimate of drug-likeness (QED) is 0.917. The first-order valence-electron chi connectivity index (χ1n) is 7.42. The van der Waals surface area contributed by atoms with Crippen molar-refractivity contribution >= 4 is 5.91 Å². The average molecular weight is 336 g/mol. The molecule has 1 aromatic heterocycles. The summed E-state index contributed by atoms with van der Waals surface area (Å²) in [6.07, 6.45) is -2.07. The SMILES string of the molecule is O=C(c1ccncc1)N1C[C@H](O)C[C@@H]1c1cccc(C(F)(F)F)c1. The molecule has 1 N–H and O–H groups in total. The van der Waals surface area contributed by atoms with Crippen LogP contribution in [0.3, 0.4) is 0 Å². The Hall–Kier alpha value is -2.41. The Morgan fingerprint density at radius 1 is 1.21 bits per heavy atom. The highest BCUT2D eigenvalue weighted by Gasteiger charge is 2.37. The zero-order valence-electron chi connectivity index (χ0n) is 12.6. The largest absolute Gasteiger partial charge is 0.416 e. The van der Waals surface area contributed by atoms with Crippen LogP contribution in [0.2, 0.25) is 0 Å². The summed E-state index contributed by atoms with van der Waals surface area (Å²) in [7, 11) is 0. The van der Waals surface area contributed by atoms with Gasteiger partial charge in [0.05, 0.1) is 17.7 Å². The molecule has 1 aliphatic rings. The smallest absolute Gasteiger partial charge is 0.391 e. The number of likely N-dealkylation sites (tertiary alicyclic amines) is 1. The molecule has 1 aromatic carbocycles. The van der Waals surface area contributed by atoms with E-state index in [1.807, 2.05) is 0 Å². The van der Waals surface area contributed by atoms with Crippen LogP contribution in [-0.4, -0.2) is 33.5 Å². The number of benzene rings is 1. The third-order valence-corrected chi connectivity index (χ3v) is 4.07. The molecule has 4 nitrogen and oxygen atoms in total. The van der Waals surface area contributed by atoms with Crippen molar-refractivity contribution in [1.29, 1.82) is 0 Å². The maximum absolute atomic E-state index is 12.9. The van der Waals surface area contributed by atoms with E-state index in [0.717, 1.165) is 12.1 Å².